The summed E-state index contributed by atoms with van der Waals surface area (Å²) in [4.78, 5) is 1.48. The third-order valence-corrected chi connectivity index (χ3v) is 2.84. The van der Waals surface area contributed by atoms with Gasteiger partial charge in [0, 0.05) is 6.54 Å². The molecule has 19 heavy (non-hydrogen) atoms. The summed E-state index contributed by atoms with van der Waals surface area (Å²) in [6, 6.07) is 8.03. The number of hydrogen-bond donors (Lipinski definition) is 1. The molecule has 1 aromatic heterocycles. The van der Waals surface area contributed by atoms with Crippen LogP contribution in [0, 0.1) is 0 Å². The van der Waals surface area contributed by atoms with Crippen molar-refractivity contribution in [2.45, 2.75) is 12.8 Å². The van der Waals surface area contributed by atoms with Crippen molar-refractivity contribution >= 4 is 0 Å². The summed E-state index contributed by atoms with van der Waals surface area (Å²) in [6.07, 6.45) is 0. The first-order chi connectivity index (χ1) is 9.24. The lowest BCUT2D eigenvalue weighted by atomic mass is 9.98. The van der Waals surface area contributed by atoms with Gasteiger partial charge in [-0.25, -0.2) is 0 Å². The number of hydrogen-bond acceptors (Lipinski definition) is 5. The van der Waals surface area contributed by atoms with E-state index in [-0.39, 0.29) is 5.92 Å². The molecule has 2 aromatic rings. The van der Waals surface area contributed by atoms with E-state index in [0.717, 1.165) is 23.7 Å². The number of tetrazole rings is 1. The van der Waals surface area contributed by atoms with E-state index < -0.39 is 0 Å². The monoisotopic (exact) mass is 261 g/mol. The molecular weight excluding hydrogens is 242 g/mol. The highest BCUT2D eigenvalue weighted by Gasteiger charge is 2.18. The van der Waals surface area contributed by atoms with Crippen LogP contribution in [0.15, 0.2) is 24.3 Å². The molecule has 0 bridgehead atoms. The molecule has 1 aromatic carbocycles. The highest BCUT2D eigenvalue weighted by Crippen LogP contribution is 2.23. The van der Waals surface area contributed by atoms with E-state index in [1.165, 1.54) is 4.80 Å². The van der Waals surface area contributed by atoms with Crippen molar-refractivity contribution in [1.82, 2.24) is 25.5 Å². The van der Waals surface area contributed by atoms with Gasteiger partial charge in [0.25, 0.3) is 0 Å². The normalized spacial score (nSPS) is 12.4. The molecule has 6 heteroatoms. The molecular formula is C13H19N5O. The minimum absolute atomic E-state index is 0.0920. The molecule has 2 rings (SSSR count). The molecule has 0 fully saturated rings. The van der Waals surface area contributed by atoms with Crippen LogP contribution in [0.2, 0.25) is 0 Å². The number of ether oxygens (including phenoxy) is 1. The SMILES string of the molecule is CCOc1ccc(C(CNC)c2nnn(C)n2)cc1. The van der Waals surface area contributed by atoms with Gasteiger partial charge in [-0.15, -0.1) is 10.2 Å². The van der Waals surface area contributed by atoms with Crippen LogP contribution in [0.5, 0.6) is 5.75 Å². The molecule has 1 N–H and O–H groups in total. The molecule has 6 nitrogen and oxygen atoms in total. The second kappa shape index (κ2) is 6.29. The lowest BCUT2D eigenvalue weighted by Crippen LogP contribution is -2.19. The van der Waals surface area contributed by atoms with Crippen molar-refractivity contribution in [3.8, 4) is 5.75 Å². The minimum Gasteiger partial charge on any atom is -0.494 e. The molecule has 0 radical (unpaired) electrons. The number of rotatable bonds is 6. The molecule has 0 aliphatic heterocycles. The summed E-state index contributed by atoms with van der Waals surface area (Å²) in [7, 11) is 3.68. The van der Waals surface area contributed by atoms with Crippen molar-refractivity contribution in [2.24, 2.45) is 7.05 Å². The summed E-state index contributed by atoms with van der Waals surface area (Å²) >= 11 is 0. The predicted octanol–water partition coefficient (Wildman–Crippen LogP) is 0.960. The number of aromatic nitrogens is 4. The molecule has 102 valence electrons. The summed E-state index contributed by atoms with van der Waals surface area (Å²) in [5.74, 6) is 1.69. The predicted molar refractivity (Wildman–Crippen MR) is 72.2 cm³/mol. The Kier molecular flexibility index (Phi) is 4.46. The second-order valence-corrected chi connectivity index (χ2v) is 4.25. The third kappa shape index (κ3) is 3.29. The van der Waals surface area contributed by atoms with E-state index in [2.05, 4.69) is 20.7 Å². The van der Waals surface area contributed by atoms with Crippen LogP contribution in [-0.2, 0) is 7.05 Å². The van der Waals surface area contributed by atoms with Gasteiger partial charge in [-0.05, 0) is 36.9 Å². The van der Waals surface area contributed by atoms with Gasteiger partial charge in [0.1, 0.15) is 5.75 Å². The van der Waals surface area contributed by atoms with Crippen LogP contribution in [0.25, 0.3) is 0 Å². The maximum atomic E-state index is 5.45. The first kappa shape index (κ1) is 13.5. The van der Waals surface area contributed by atoms with E-state index in [1.807, 2.05) is 38.2 Å². The Morgan fingerprint density at radius 3 is 2.58 bits per heavy atom. The Labute approximate surface area is 112 Å². The van der Waals surface area contributed by atoms with E-state index in [9.17, 15) is 0 Å². The number of aryl methyl sites for hydroxylation is 1. The van der Waals surface area contributed by atoms with Crippen molar-refractivity contribution in [3.05, 3.63) is 35.7 Å². The average Bonchev–Trinajstić information content (AvgIpc) is 2.84. The molecule has 0 spiro atoms. The summed E-state index contributed by atoms with van der Waals surface area (Å²) in [5.41, 5.74) is 1.14. The third-order valence-electron chi connectivity index (χ3n) is 2.84. The van der Waals surface area contributed by atoms with Crippen LogP contribution < -0.4 is 10.1 Å². The first-order valence-electron chi connectivity index (χ1n) is 6.35. The highest BCUT2D eigenvalue weighted by molar-refractivity contribution is 5.32. The standard InChI is InChI=1S/C13H19N5O/c1-4-19-11-7-5-10(6-8-11)12(9-14-2)13-15-17-18(3)16-13/h5-8,12,14H,4,9H2,1-3H3. The fourth-order valence-electron chi connectivity index (χ4n) is 1.96. The van der Waals surface area contributed by atoms with Crippen molar-refractivity contribution in [2.75, 3.05) is 20.2 Å². The Morgan fingerprint density at radius 2 is 2.05 bits per heavy atom. The minimum atomic E-state index is 0.0920. The van der Waals surface area contributed by atoms with Crippen LogP contribution in [0.4, 0.5) is 0 Å². The molecule has 0 amide bonds. The molecule has 0 aliphatic carbocycles. The lowest BCUT2D eigenvalue weighted by molar-refractivity contribution is 0.340. The Hall–Kier alpha value is -1.95. The fraction of sp³-hybridized carbons (Fsp3) is 0.462. The number of nitrogens with one attached hydrogen (secondary N) is 1. The highest BCUT2D eigenvalue weighted by atomic mass is 16.5. The van der Waals surface area contributed by atoms with Crippen LogP contribution >= 0.6 is 0 Å². The zero-order valence-corrected chi connectivity index (χ0v) is 11.5. The van der Waals surface area contributed by atoms with E-state index in [4.69, 9.17) is 4.74 Å². The van der Waals surface area contributed by atoms with Crippen molar-refractivity contribution < 1.29 is 4.74 Å². The number of nitrogens with zero attached hydrogens (tertiary/aromatic N) is 4. The number of benzene rings is 1. The van der Waals surface area contributed by atoms with Gasteiger partial charge in [0.2, 0.25) is 0 Å². The molecule has 0 saturated heterocycles. The summed E-state index contributed by atoms with van der Waals surface area (Å²) < 4.78 is 5.45. The van der Waals surface area contributed by atoms with Gasteiger partial charge >= 0.3 is 0 Å². The lowest BCUT2D eigenvalue weighted by Gasteiger charge is -2.13. The van der Waals surface area contributed by atoms with E-state index in [1.54, 1.807) is 7.05 Å². The van der Waals surface area contributed by atoms with Crippen molar-refractivity contribution in [3.63, 3.8) is 0 Å². The van der Waals surface area contributed by atoms with Gasteiger partial charge in [-0.3, -0.25) is 0 Å². The van der Waals surface area contributed by atoms with Gasteiger partial charge < -0.3 is 10.1 Å². The zero-order valence-electron chi connectivity index (χ0n) is 11.5. The first-order valence-corrected chi connectivity index (χ1v) is 6.35. The summed E-state index contributed by atoms with van der Waals surface area (Å²) in [6.45, 7) is 3.41. The molecule has 0 aliphatic rings. The largest absolute Gasteiger partial charge is 0.494 e. The summed E-state index contributed by atoms with van der Waals surface area (Å²) in [5, 5.41) is 15.4. The number of likely N-dealkylation sites (N-methyl/N-ethyl adjacent to an activating group) is 1. The second-order valence-electron chi connectivity index (χ2n) is 4.25. The van der Waals surface area contributed by atoms with Gasteiger partial charge in [0.15, 0.2) is 5.82 Å². The maximum Gasteiger partial charge on any atom is 0.183 e. The van der Waals surface area contributed by atoms with Crippen LogP contribution in [0.3, 0.4) is 0 Å². The fourth-order valence-corrected chi connectivity index (χ4v) is 1.96. The van der Waals surface area contributed by atoms with Gasteiger partial charge in [-0.1, -0.05) is 12.1 Å². The topological polar surface area (TPSA) is 64.9 Å². The smallest absolute Gasteiger partial charge is 0.183 e. The van der Waals surface area contributed by atoms with E-state index >= 15 is 0 Å². The van der Waals surface area contributed by atoms with Crippen LogP contribution in [0.1, 0.15) is 24.2 Å². The maximum absolute atomic E-state index is 5.45. The quantitative estimate of drug-likeness (QED) is 0.839. The Morgan fingerprint density at radius 1 is 1.32 bits per heavy atom. The van der Waals surface area contributed by atoms with Crippen LogP contribution in [-0.4, -0.2) is 40.4 Å². The van der Waals surface area contributed by atoms with Gasteiger partial charge in [-0.2, -0.15) is 4.80 Å². The molecule has 1 unspecified atom stereocenters. The Bertz CT molecular complexity index is 508. The van der Waals surface area contributed by atoms with Crippen molar-refractivity contribution in [1.29, 1.82) is 0 Å². The van der Waals surface area contributed by atoms with E-state index in [0.29, 0.717) is 6.61 Å². The van der Waals surface area contributed by atoms with Gasteiger partial charge in [0.05, 0.1) is 19.6 Å². The average molecular weight is 261 g/mol. The molecule has 0 saturated carbocycles. The zero-order chi connectivity index (χ0) is 13.7. The molecule has 1 atom stereocenters. The Balaban J connectivity index is 2.23. The molecule has 1 heterocycles.